The number of unbranched alkanes of at least 4 members (excludes halogenated alkanes) is 1. The summed E-state index contributed by atoms with van der Waals surface area (Å²) in [4.78, 5) is 13.3. The third-order valence-electron chi connectivity index (χ3n) is 5.78. The molecule has 1 unspecified atom stereocenters. The normalized spacial score (nSPS) is 17.1. The van der Waals surface area contributed by atoms with Crippen LogP contribution in [0.15, 0.2) is 41.8 Å². The van der Waals surface area contributed by atoms with Crippen LogP contribution >= 0.6 is 11.8 Å². The van der Waals surface area contributed by atoms with Crippen molar-refractivity contribution in [2.45, 2.75) is 69.1 Å². The molecule has 0 N–H and O–H groups in total. The van der Waals surface area contributed by atoms with E-state index in [-0.39, 0.29) is 11.4 Å². The van der Waals surface area contributed by atoms with Gasteiger partial charge in [-0.25, -0.2) is 0 Å². The summed E-state index contributed by atoms with van der Waals surface area (Å²) in [6.07, 6.45) is 9.13. The maximum atomic E-state index is 12.1. The zero-order valence-electron chi connectivity index (χ0n) is 17.6. The Labute approximate surface area is 175 Å². The summed E-state index contributed by atoms with van der Waals surface area (Å²) < 4.78 is 11.0. The van der Waals surface area contributed by atoms with Crippen molar-refractivity contribution in [2.24, 2.45) is 5.92 Å². The van der Waals surface area contributed by atoms with Crippen molar-refractivity contribution in [2.75, 3.05) is 25.6 Å². The van der Waals surface area contributed by atoms with E-state index in [4.69, 9.17) is 9.47 Å². The zero-order valence-corrected chi connectivity index (χ0v) is 18.4. The largest absolute Gasteiger partial charge is 0.465 e. The van der Waals surface area contributed by atoms with Crippen molar-refractivity contribution in [3.63, 3.8) is 0 Å². The molecule has 0 aliphatic carbocycles. The summed E-state index contributed by atoms with van der Waals surface area (Å²) >= 11 is 1.72. The lowest BCUT2D eigenvalue weighted by Gasteiger charge is -2.35. The minimum atomic E-state index is -0.0782. The van der Waals surface area contributed by atoms with Crippen LogP contribution in [0, 0.1) is 5.92 Å². The minimum absolute atomic E-state index is 0.0153. The summed E-state index contributed by atoms with van der Waals surface area (Å²) in [7, 11) is 0. The lowest BCUT2D eigenvalue weighted by molar-refractivity contribution is -0.144. The highest BCUT2D eigenvalue weighted by Crippen LogP contribution is 2.37. The number of allylic oxidation sites excluding steroid dienone is 1. The van der Waals surface area contributed by atoms with Gasteiger partial charge in [-0.1, -0.05) is 51.3 Å². The van der Waals surface area contributed by atoms with Gasteiger partial charge in [-0.2, -0.15) is 0 Å². The van der Waals surface area contributed by atoms with Gasteiger partial charge in [-0.15, -0.1) is 18.3 Å². The van der Waals surface area contributed by atoms with Crippen molar-refractivity contribution in [3.8, 4) is 0 Å². The lowest BCUT2D eigenvalue weighted by Crippen LogP contribution is -2.31. The third-order valence-corrected chi connectivity index (χ3v) is 6.78. The summed E-state index contributed by atoms with van der Waals surface area (Å²) in [5.74, 6) is 1.17. The molecule has 1 heterocycles. The SMILES string of the molecule is C=CC1(c2cccc(SCCC(=O)OCC(CC)CCCC)c2)CCOCC1. The molecular weight excluding hydrogens is 368 g/mol. The predicted octanol–water partition coefficient (Wildman–Crippen LogP) is 6.16. The van der Waals surface area contributed by atoms with E-state index < -0.39 is 0 Å². The second kappa shape index (κ2) is 12.3. The molecule has 0 spiro atoms. The van der Waals surface area contributed by atoms with Crippen LogP contribution in [-0.2, 0) is 19.7 Å². The first-order valence-corrected chi connectivity index (χ1v) is 11.7. The second-order valence-electron chi connectivity index (χ2n) is 7.70. The molecule has 2 rings (SSSR count). The molecule has 4 heteroatoms. The Balaban J connectivity index is 1.80. The fourth-order valence-corrected chi connectivity index (χ4v) is 4.56. The molecule has 1 aliphatic heterocycles. The van der Waals surface area contributed by atoms with Gasteiger partial charge >= 0.3 is 5.97 Å². The Bertz CT molecular complexity index is 608. The molecule has 3 nitrogen and oxygen atoms in total. The molecule has 0 amide bonds. The summed E-state index contributed by atoms with van der Waals surface area (Å²) in [5.41, 5.74) is 1.32. The number of rotatable bonds is 12. The van der Waals surface area contributed by atoms with Crippen molar-refractivity contribution >= 4 is 17.7 Å². The predicted molar refractivity (Wildman–Crippen MR) is 118 cm³/mol. The van der Waals surface area contributed by atoms with Crippen LogP contribution in [0.3, 0.4) is 0 Å². The summed E-state index contributed by atoms with van der Waals surface area (Å²) in [6, 6.07) is 8.66. The molecule has 156 valence electrons. The van der Waals surface area contributed by atoms with E-state index in [1.54, 1.807) is 11.8 Å². The first kappa shape index (κ1) is 23.0. The molecule has 1 aromatic carbocycles. The zero-order chi connectivity index (χ0) is 20.2. The molecular formula is C24H36O3S. The van der Waals surface area contributed by atoms with E-state index in [2.05, 4.69) is 50.8 Å². The van der Waals surface area contributed by atoms with Crippen LogP contribution in [0.2, 0.25) is 0 Å². The number of benzene rings is 1. The summed E-state index contributed by atoms with van der Waals surface area (Å²) in [6.45, 7) is 10.6. The maximum absolute atomic E-state index is 12.1. The molecule has 28 heavy (non-hydrogen) atoms. The van der Waals surface area contributed by atoms with Gasteiger partial charge in [-0.3, -0.25) is 4.79 Å². The molecule has 1 aliphatic rings. The fraction of sp³-hybridized carbons (Fsp3) is 0.625. The van der Waals surface area contributed by atoms with Crippen LogP contribution < -0.4 is 0 Å². The van der Waals surface area contributed by atoms with Crippen molar-refractivity contribution < 1.29 is 14.3 Å². The highest BCUT2D eigenvalue weighted by atomic mass is 32.2. The third kappa shape index (κ3) is 6.97. The van der Waals surface area contributed by atoms with Crippen LogP contribution in [0.4, 0.5) is 0 Å². The fourth-order valence-electron chi connectivity index (χ4n) is 3.68. The molecule has 1 saturated heterocycles. The van der Waals surface area contributed by atoms with Gasteiger partial charge in [0.05, 0.1) is 13.0 Å². The monoisotopic (exact) mass is 404 g/mol. The van der Waals surface area contributed by atoms with Crippen molar-refractivity contribution in [3.05, 3.63) is 42.5 Å². The molecule has 1 aromatic rings. The van der Waals surface area contributed by atoms with E-state index in [1.807, 2.05) is 0 Å². The van der Waals surface area contributed by atoms with Gasteiger partial charge in [0.1, 0.15) is 0 Å². The van der Waals surface area contributed by atoms with E-state index in [0.717, 1.165) is 44.6 Å². The van der Waals surface area contributed by atoms with Crippen molar-refractivity contribution in [1.82, 2.24) is 0 Å². The standard InChI is InChI=1S/C24H36O3S/c1-4-7-9-20(5-2)19-27-23(25)12-17-28-22-11-8-10-21(18-22)24(6-3)13-15-26-16-14-24/h6,8,10-11,18,20H,3-5,7,9,12-17,19H2,1-2H3. The molecule has 1 atom stereocenters. The van der Waals surface area contributed by atoms with Crippen molar-refractivity contribution in [1.29, 1.82) is 0 Å². The lowest BCUT2D eigenvalue weighted by atomic mass is 9.74. The number of esters is 1. The highest BCUT2D eigenvalue weighted by molar-refractivity contribution is 7.99. The number of thioether (sulfide) groups is 1. The number of carbonyl (C=O) groups excluding carboxylic acids is 1. The van der Waals surface area contributed by atoms with Gasteiger partial charge in [0.15, 0.2) is 0 Å². The van der Waals surface area contributed by atoms with Gasteiger partial charge in [0.25, 0.3) is 0 Å². The Morgan fingerprint density at radius 3 is 2.82 bits per heavy atom. The summed E-state index contributed by atoms with van der Waals surface area (Å²) in [5, 5.41) is 0. The van der Waals surface area contributed by atoms with E-state index in [1.165, 1.54) is 23.3 Å². The molecule has 0 bridgehead atoms. The number of ether oxygens (including phenoxy) is 2. The van der Waals surface area contributed by atoms with Gasteiger partial charge in [-0.05, 0) is 42.9 Å². The molecule has 0 radical (unpaired) electrons. The van der Waals surface area contributed by atoms with E-state index >= 15 is 0 Å². The second-order valence-corrected chi connectivity index (χ2v) is 8.87. The Morgan fingerprint density at radius 2 is 2.14 bits per heavy atom. The number of carbonyl (C=O) groups is 1. The molecule has 1 fully saturated rings. The maximum Gasteiger partial charge on any atom is 0.306 e. The van der Waals surface area contributed by atoms with Crippen LogP contribution in [0.1, 0.15) is 64.4 Å². The average Bonchev–Trinajstić information content (AvgIpc) is 2.74. The quantitative estimate of drug-likeness (QED) is 0.237. The van der Waals surface area contributed by atoms with Crippen LogP contribution in [0.5, 0.6) is 0 Å². The first-order chi connectivity index (χ1) is 13.6. The van der Waals surface area contributed by atoms with Gasteiger partial charge < -0.3 is 9.47 Å². The smallest absolute Gasteiger partial charge is 0.306 e. The molecule has 0 saturated carbocycles. The molecule has 0 aromatic heterocycles. The Kier molecular flexibility index (Phi) is 10.1. The number of hydrogen-bond acceptors (Lipinski definition) is 4. The first-order valence-electron chi connectivity index (χ1n) is 10.7. The van der Waals surface area contributed by atoms with E-state index in [9.17, 15) is 4.79 Å². The topological polar surface area (TPSA) is 35.5 Å². The van der Waals surface area contributed by atoms with Crippen LogP contribution in [0.25, 0.3) is 0 Å². The average molecular weight is 405 g/mol. The Morgan fingerprint density at radius 1 is 1.36 bits per heavy atom. The van der Waals surface area contributed by atoms with E-state index in [0.29, 0.717) is 18.9 Å². The Hall–Kier alpha value is -1.26. The van der Waals surface area contributed by atoms with Gasteiger partial charge in [0.2, 0.25) is 0 Å². The number of hydrogen-bond donors (Lipinski definition) is 0. The van der Waals surface area contributed by atoms with Gasteiger partial charge in [0, 0.05) is 29.3 Å². The van der Waals surface area contributed by atoms with Crippen LogP contribution in [-0.4, -0.2) is 31.5 Å². The minimum Gasteiger partial charge on any atom is -0.465 e. The highest BCUT2D eigenvalue weighted by Gasteiger charge is 2.31.